The fourth-order valence-electron chi connectivity index (χ4n) is 8.95. The van der Waals surface area contributed by atoms with E-state index in [1.807, 2.05) is 0 Å². The topological polar surface area (TPSA) is 54.0 Å². The van der Waals surface area contributed by atoms with E-state index in [4.69, 9.17) is 19.9 Å². The zero-order valence-corrected chi connectivity index (χ0v) is 42.5. The van der Waals surface area contributed by atoms with Crippen LogP contribution in [0.4, 0.5) is 0 Å². The third kappa shape index (κ3) is 7.66. The molecule has 2 aromatic carbocycles. The Balaban J connectivity index is 0.00000567. The summed E-state index contributed by atoms with van der Waals surface area (Å²) in [7, 11) is 0. The maximum Gasteiger partial charge on any atom is 2.00 e. The van der Waals surface area contributed by atoms with Crippen LogP contribution in [-0.2, 0) is 43.1 Å². The number of hydrogen-bond acceptors (Lipinski definition) is 2. The number of hydrogen-bond donors (Lipinski definition) is 0. The van der Waals surface area contributed by atoms with Gasteiger partial charge in [-0.15, -0.1) is 22.1 Å². The van der Waals surface area contributed by atoms with Crippen LogP contribution >= 0.6 is 22.6 Å². The largest absolute Gasteiger partial charge is 2.00 e. The molecule has 0 saturated heterocycles. The van der Waals surface area contributed by atoms with Crippen LogP contribution in [0.5, 0.6) is 0 Å². The van der Waals surface area contributed by atoms with Crippen molar-refractivity contribution >= 4 is 67.0 Å². The predicted octanol–water partition coefficient (Wildman–Crippen LogP) is 14.5. The van der Waals surface area contributed by atoms with Gasteiger partial charge in [-0.1, -0.05) is 134 Å². The Labute approximate surface area is 373 Å². The molecular formula is C52H59IN4Zn. The van der Waals surface area contributed by atoms with E-state index >= 15 is 0 Å². The first-order valence-electron chi connectivity index (χ1n) is 20.9. The maximum atomic E-state index is 5.66. The number of aryl methyl sites for hydroxylation is 4. The van der Waals surface area contributed by atoms with Gasteiger partial charge in [-0.25, -0.2) is 9.97 Å². The molecule has 5 aromatic rings. The molecule has 58 heavy (non-hydrogen) atoms. The van der Waals surface area contributed by atoms with Crippen LogP contribution in [0.2, 0.25) is 0 Å². The first-order valence-corrected chi connectivity index (χ1v) is 22.0. The molecule has 0 unspecified atom stereocenters. The summed E-state index contributed by atoms with van der Waals surface area (Å²) in [5.74, 6) is 0. The van der Waals surface area contributed by atoms with E-state index in [0.717, 1.165) is 87.2 Å². The molecule has 4 nitrogen and oxygen atoms in total. The normalized spacial score (nSPS) is 13.4. The monoisotopic (exact) mass is 930 g/mol. The van der Waals surface area contributed by atoms with Crippen molar-refractivity contribution in [1.82, 2.24) is 19.9 Å². The Morgan fingerprint density at radius 2 is 0.948 bits per heavy atom. The van der Waals surface area contributed by atoms with E-state index in [1.165, 1.54) is 64.8 Å². The van der Waals surface area contributed by atoms with E-state index < -0.39 is 0 Å². The van der Waals surface area contributed by atoms with E-state index in [1.54, 1.807) is 0 Å². The van der Waals surface area contributed by atoms with Gasteiger partial charge in [0.1, 0.15) is 0 Å². The second-order valence-corrected chi connectivity index (χ2v) is 19.3. The average molecular weight is 932 g/mol. The quantitative estimate of drug-likeness (QED) is 0.126. The number of fused-ring (bicyclic) bond motifs is 8. The minimum Gasteiger partial charge on any atom is -0.657 e. The molecule has 0 N–H and O–H groups in total. The standard InChI is InChI=1S/C52H59IN4.Zn/c1-15-37-28(5)47-45(32-19-21-36(53)22-20-32)48-29(6)38(16-2)42(55-48)27-44-40(18-4)31(8)50(57-44)46(49-30(7)39(17-3)43(56-49)26-41(37)54-47)33-23-34(51(9,10)11)25-35(24-33)52(12,13)14;/h19-27H,15-18H2,1-14H3;/q-2;+2. The van der Waals surface area contributed by atoms with Gasteiger partial charge in [0.2, 0.25) is 0 Å². The molecule has 0 atom stereocenters. The number of rotatable bonds is 6. The zero-order valence-electron chi connectivity index (χ0n) is 37.4. The molecular weight excluding hydrogens is 873 g/mol. The molecule has 0 saturated carbocycles. The molecule has 5 heterocycles. The Kier molecular flexibility index (Phi) is 12.5. The Morgan fingerprint density at radius 3 is 1.31 bits per heavy atom. The smallest absolute Gasteiger partial charge is 0.657 e. The minimum absolute atomic E-state index is 0. The van der Waals surface area contributed by atoms with Crippen LogP contribution in [0, 0.1) is 17.4 Å². The van der Waals surface area contributed by atoms with E-state index in [0.29, 0.717) is 0 Å². The number of halogens is 1. The van der Waals surface area contributed by atoms with Crippen LogP contribution in [0.1, 0.15) is 152 Å². The van der Waals surface area contributed by atoms with Crippen LogP contribution in [0.15, 0.2) is 54.6 Å². The van der Waals surface area contributed by atoms with Crippen molar-refractivity contribution in [3.05, 3.63) is 114 Å². The summed E-state index contributed by atoms with van der Waals surface area (Å²) in [6, 6.07) is 20.6. The number of aromatic nitrogens is 4. The van der Waals surface area contributed by atoms with Crippen molar-refractivity contribution < 1.29 is 19.5 Å². The van der Waals surface area contributed by atoms with Crippen molar-refractivity contribution in [3.8, 4) is 22.3 Å². The third-order valence-electron chi connectivity index (χ3n) is 12.4. The third-order valence-corrected chi connectivity index (χ3v) is 13.1. The molecule has 0 amide bonds. The van der Waals surface area contributed by atoms with Gasteiger partial charge in [-0.2, -0.15) is 0 Å². The van der Waals surface area contributed by atoms with E-state index in [-0.39, 0.29) is 30.3 Å². The summed E-state index contributed by atoms with van der Waals surface area (Å²) in [6.45, 7) is 31.9. The SMILES string of the molecule is CCC1=C(C)c2nc1cc1[n-]c(c(C)c1CC)c(-c1ccc(I)cc1)c1[n-]c(cc3nc(c2-c2cc(C(C)(C)C)cc(C(C)(C)C)c2)C(C)=C3CC)c(CC)c1C.[Zn+2]. The Hall–Kier alpha value is -3.61. The molecule has 0 aliphatic carbocycles. The maximum absolute atomic E-state index is 5.66. The van der Waals surface area contributed by atoms with Gasteiger partial charge < -0.3 is 9.97 Å². The number of benzene rings is 2. The first kappa shape index (κ1) is 44.0. The van der Waals surface area contributed by atoms with Gasteiger partial charge in [-0.3, -0.25) is 0 Å². The summed E-state index contributed by atoms with van der Waals surface area (Å²) in [6.07, 6.45) is 3.48. The second-order valence-electron chi connectivity index (χ2n) is 18.1. The van der Waals surface area contributed by atoms with Crippen molar-refractivity contribution in [2.75, 3.05) is 0 Å². The molecule has 2 aliphatic heterocycles. The van der Waals surface area contributed by atoms with Crippen molar-refractivity contribution in [2.45, 2.75) is 133 Å². The van der Waals surface area contributed by atoms with E-state index in [2.05, 4.69) is 174 Å². The Morgan fingerprint density at radius 1 is 0.534 bits per heavy atom. The number of allylic oxidation sites excluding steroid dienone is 4. The van der Waals surface area contributed by atoms with Crippen molar-refractivity contribution in [3.63, 3.8) is 0 Å². The summed E-state index contributed by atoms with van der Waals surface area (Å²) >= 11 is 2.39. The fourth-order valence-corrected chi connectivity index (χ4v) is 9.31. The summed E-state index contributed by atoms with van der Waals surface area (Å²) in [5.41, 5.74) is 25.0. The van der Waals surface area contributed by atoms with Crippen LogP contribution < -0.4 is 9.97 Å². The number of nitrogens with zero attached hydrogens (tertiary/aromatic N) is 4. The molecule has 296 valence electrons. The van der Waals surface area contributed by atoms with Crippen LogP contribution in [-0.4, -0.2) is 9.97 Å². The molecule has 0 fully saturated rings. The van der Waals surface area contributed by atoms with Gasteiger partial charge >= 0.3 is 19.5 Å². The molecule has 0 radical (unpaired) electrons. The van der Waals surface area contributed by atoms with Gasteiger partial charge in [0, 0.05) is 9.13 Å². The fraction of sp³-hybridized carbons (Fsp3) is 0.385. The molecule has 7 rings (SSSR count). The molecule has 0 spiro atoms. The molecule has 2 aliphatic rings. The van der Waals surface area contributed by atoms with Crippen LogP contribution in [0.25, 0.3) is 66.6 Å². The molecule has 8 bridgehead atoms. The summed E-state index contributed by atoms with van der Waals surface area (Å²) in [5, 5.41) is 0. The van der Waals surface area contributed by atoms with Gasteiger partial charge in [-0.05, 0) is 149 Å². The van der Waals surface area contributed by atoms with Crippen LogP contribution in [0.3, 0.4) is 0 Å². The minimum atomic E-state index is -0.0435. The molecule has 3 aromatic heterocycles. The van der Waals surface area contributed by atoms with Gasteiger partial charge in [0.05, 0.1) is 22.8 Å². The summed E-state index contributed by atoms with van der Waals surface area (Å²) < 4.78 is 1.20. The zero-order chi connectivity index (χ0) is 41.3. The van der Waals surface area contributed by atoms with Gasteiger partial charge in [0.15, 0.2) is 0 Å². The van der Waals surface area contributed by atoms with Crippen molar-refractivity contribution in [1.29, 1.82) is 0 Å². The molecule has 6 heteroatoms. The summed E-state index contributed by atoms with van der Waals surface area (Å²) in [4.78, 5) is 22.4. The predicted molar refractivity (Wildman–Crippen MR) is 254 cm³/mol. The van der Waals surface area contributed by atoms with E-state index in [9.17, 15) is 0 Å². The van der Waals surface area contributed by atoms with Crippen molar-refractivity contribution in [2.24, 2.45) is 0 Å². The average Bonchev–Trinajstić information content (AvgIpc) is 3.84. The Bertz CT molecular complexity index is 2510. The second kappa shape index (κ2) is 16.4. The first-order chi connectivity index (χ1) is 26.9. The van der Waals surface area contributed by atoms with Gasteiger partial charge in [0.25, 0.3) is 0 Å².